The molecule has 2 atom stereocenters. The number of anilines is 6. The Bertz CT molecular complexity index is 1980. The number of aryl methyl sites for hydroxylation is 2. The van der Waals surface area contributed by atoms with Crippen molar-refractivity contribution in [2.45, 2.75) is 32.4 Å². The Balaban J connectivity index is 0.784. The number of para-hydroxylation sites is 1. The number of amides is 4. The first kappa shape index (κ1) is 34.3. The van der Waals surface area contributed by atoms with Gasteiger partial charge in [-0.2, -0.15) is 0 Å². The first-order valence-corrected chi connectivity index (χ1v) is 18.7. The highest BCUT2D eigenvalue weighted by molar-refractivity contribution is 7.17. The standard InChI is InChI=1S/C36H40ClN11O3S/c1-22-4-3-5-26(37)33(22)43-34(50)29-19-38-35(52-29)41-30-18-31(40-23(2)39-30)45-15-12-44(13-16-45)14-17-46-20-28-27(46)21-48(28)25-8-6-24(7-9-25)47-11-10-32(49)42-36(47)51/h3-9,18-19,27-28H,10-17,20-21H2,1-2H3,(H,43,50)(H,42,49,51)(H,38,39,40,41). The van der Waals surface area contributed by atoms with Crippen LogP contribution in [0, 0.1) is 13.8 Å². The van der Waals surface area contributed by atoms with E-state index in [0.717, 1.165) is 69.4 Å². The van der Waals surface area contributed by atoms with Crippen LogP contribution in [0.4, 0.5) is 38.6 Å². The summed E-state index contributed by atoms with van der Waals surface area (Å²) in [4.78, 5) is 62.2. The van der Waals surface area contributed by atoms with Crippen LogP contribution >= 0.6 is 22.9 Å². The van der Waals surface area contributed by atoms with Crippen molar-refractivity contribution in [1.29, 1.82) is 0 Å². The minimum atomic E-state index is -0.355. The molecule has 0 saturated carbocycles. The zero-order valence-corrected chi connectivity index (χ0v) is 30.6. The predicted octanol–water partition coefficient (Wildman–Crippen LogP) is 4.34. The van der Waals surface area contributed by atoms with E-state index in [1.54, 1.807) is 17.2 Å². The quantitative estimate of drug-likeness (QED) is 0.214. The van der Waals surface area contributed by atoms with E-state index >= 15 is 0 Å². The minimum absolute atomic E-state index is 0.222. The van der Waals surface area contributed by atoms with Gasteiger partial charge in [0.05, 0.1) is 22.9 Å². The number of thiazole rings is 1. The molecule has 3 N–H and O–H groups in total. The molecule has 2 aromatic carbocycles. The van der Waals surface area contributed by atoms with E-state index in [-0.39, 0.29) is 17.8 Å². The zero-order chi connectivity index (χ0) is 35.9. The number of hydrogen-bond donors (Lipinski definition) is 3. The monoisotopic (exact) mass is 741 g/mol. The van der Waals surface area contributed by atoms with Crippen molar-refractivity contribution in [2.24, 2.45) is 0 Å². The van der Waals surface area contributed by atoms with Crippen molar-refractivity contribution < 1.29 is 14.4 Å². The van der Waals surface area contributed by atoms with Gasteiger partial charge in [-0.3, -0.25) is 29.6 Å². The summed E-state index contributed by atoms with van der Waals surface area (Å²) in [6.45, 7) is 12.0. The van der Waals surface area contributed by atoms with E-state index in [4.69, 9.17) is 16.6 Å². The lowest BCUT2D eigenvalue weighted by Crippen LogP contribution is -2.79. The van der Waals surface area contributed by atoms with E-state index < -0.39 is 0 Å². The van der Waals surface area contributed by atoms with Crippen LogP contribution in [0.25, 0.3) is 0 Å². The molecule has 0 spiro atoms. The molecule has 0 aliphatic carbocycles. The number of benzene rings is 2. The number of halogens is 1. The highest BCUT2D eigenvalue weighted by Crippen LogP contribution is 2.38. The fraction of sp³-hybridized carbons (Fsp3) is 0.389. The average Bonchev–Trinajstić information content (AvgIpc) is 3.59. The number of carbonyl (C=O) groups excluding carboxylic acids is 3. The third-order valence-electron chi connectivity index (χ3n) is 10.3. The third-order valence-corrected chi connectivity index (χ3v) is 11.5. The van der Waals surface area contributed by atoms with Crippen LogP contribution in [-0.2, 0) is 4.79 Å². The minimum Gasteiger partial charge on any atom is -0.364 e. The van der Waals surface area contributed by atoms with Gasteiger partial charge in [0.15, 0.2) is 5.13 Å². The number of hydrogen-bond acceptors (Lipinski definition) is 12. The third kappa shape index (κ3) is 7.00. The molecule has 0 bridgehead atoms. The smallest absolute Gasteiger partial charge is 0.328 e. The van der Waals surface area contributed by atoms with Crippen LogP contribution in [-0.4, -0.2) is 114 Å². The number of carbonyl (C=O) groups is 3. The molecular weight excluding hydrogens is 702 g/mol. The number of nitrogens with one attached hydrogen (secondary N) is 3. The Hall–Kier alpha value is -4.83. The molecule has 6 heterocycles. The van der Waals surface area contributed by atoms with Crippen LogP contribution < -0.4 is 30.7 Å². The molecule has 8 rings (SSSR count). The lowest BCUT2D eigenvalue weighted by Gasteiger charge is -2.63. The maximum Gasteiger partial charge on any atom is 0.328 e. The van der Waals surface area contributed by atoms with Crippen LogP contribution in [0.3, 0.4) is 0 Å². The lowest BCUT2D eigenvalue weighted by atomic mass is 9.85. The molecular formula is C36H40ClN11O3S. The van der Waals surface area contributed by atoms with Gasteiger partial charge in [0.25, 0.3) is 5.91 Å². The Morgan fingerprint density at radius 3 is 2.48 bits per heavy atom. The summed E-state index contributed by atoms with van der Waals surface area (Å²) in [5, 5.41) is 9.61. The molecule has 2 unspecified atom stereocenters. The van der Waals surface area contributed by atoms with Crippen molar-refractivity contribution in [3.63, 3.8) is 0 Å². The molecule has 4 aromatic rings. The summed E-state index contributed by atoms with van der Waals surface area (Å²) < 4.78 is 0. The summed E-state index contributed by atoms with van der Waals surface area (Å²) in [5.74, 6) is 1.69. The van der Waals surface area contributed by atoms with Crippen LogP contribution in [0.15, 0.2) is 54.7 Å². The Morgan fingerprint density at radius 1 is 0.962 bits per heavy atom. The van der Waals surface area contributed by atoms with Crippen LogP contribution in [0.5, 0.6) is 0 Å². The van der Waals surface area contributed by atoms with Crippen molar-refractivity contribution in [1.82, 2.24) is 30.1 Å². The number of nitrogens with zero attached hydrogens (tertiary/aromatic N) is 8. The van der Waals surface area contributed by atoms with Gasteiger partial charge in [0.1, 0.15) is 22.3 Å². The van der Waals surface area contributed by atoms with Gasteiger partial charge in [-0.15, -0.1) is 0 Å². The molecule has 2 aromatic heterocycles. The van der Waals surface area contributed by atoms with Gasteiger partial charge < -0.3 is 20.4 Å². The Morgan fingerprint density at radius 2 is 1.75 bits per heavy atom. The van der Waals surface area contributed by atoms with Gasteiger partial charge in [-0.25, -0.2) is 19.7 Å². The maximum absolute atomic E-state index is 12.9. The fourth-order valence-electron chi connectivity index (χ4n) is 7.29. The number of fused-ring (bicyclic) bond motifs is 1. The zero-order valence-electron chi connectivity index (χ0n) is 29.0. The molecule has 4 amide bonds. The summed E-state index contributed by atoms with van der Waals surface area (Å²) in [7, 11) is 0. The van der Waals surface area contributed by atoms with E-state index in [1.807, 2.05) is 44.2 Å². The normalized spacial score (nSPS) is 20.6. The molecule has 52 heavy (non-hydrogen) atoms. The van der Waals surface area contributed by atoms with E-state index in [0.29, 0.717) is 57.4 Å². The fourth-order valence-corrected chi connectivity index (χ4v) is 8.28. The SMILES string of the molecule is Cc1nc(Nc2ncc(C(=O)Nc3c(C)cccc3Cl)s2)cc(N2CCN(CCN3CC4C3CN4c3ccc(N4CCC(=O)NC4=O)cc3)CC2)n1. The number of likely N-dealkylation sites (tertiary alicyclic amines) is 1. The van der Waals surface area contributed by atoms with E-state index in [1.165, 1.54) is 17.0 Å². The highest BCUT2D eigenvalue weighted by Gasteiger charge is 2.51. The topological polar surface area (TPSA) is 142 Å². The summed E-state index contributed by atoms with van der Waals surface area (Å²) >= 11 is 7.54. The maximum atomic E-state index is 12.9. The van der Waals surface area contributed by atoms with Gasteiger partial charge in [0, 0.05) is 88.8 Å². The molecule has 4 saturated heterocycles. The number of rotatable bonds is 10. The second kappa shape index (κ2) is 14.3. The average molecular weight is 742 g/mol. The second-order valence-corrected chi connectivity index (χ2v) is 15.0. The van der Waals surface area contributed by atoms with Gasteiger partial charge in [-0.05, 0) is 49.7 Å². The predicted molar refractivity (Wildman–Crippen MR) is 203 cm³/mol. The Kier molecular flexibility index (Phi) is 9.42. The lowest BCUT2D eigenvalue weighted by molar-refractivity contribution is -0.120. The molecule has 16 heteroatoms. The molecule has 4 aliphatic rings. The van der Waals surface area contributed by atoms with Gasteiger partial charge >= 0.3 is 6.03 Å². The molecule has 4 aliphatic heterocycles. The molecule has 0 radical (unpaired) electrons. The molecule has 14 nitrogen and oxygen atoms in total. The Labute approximate surface area is 310 Å². The molecule has 4 fully saturated rings. The van der Waals surface area contributed by atoms with Crippen molar-refractivity contribution in [3.05, 3.63) is 76.0 Å². The first-order chi connectivity index (χ1) is 25.2. The number of aromatic nitrogens is 3. The van der Waals surface area contributed by atoms with Gasteiger partial charge in [-0.1, -0.05) is 35.1 Å². The largest absolute Gasteiger partial charge is 0.364 e. The number of urea groups is 1. The summed E-state index contributed by atoms with van der Waals surface area (Å²) in [6.07, 6.45) is 1.87. The second-order valence-electron chi connectivity index (χ2n) is 13.6. The van der Waals surface area contributed by atoms with Crippen LogP contribution in [0.2, 0.25) is 5.02 Å². The first-order valence-electron chi connectivity index (χ1n) is 17.5. The number of imide groups is 1. The van der Waals surface area contributed by atoms with Crippen LogP contribution in [0.1, 0.15) is 27.5 Å². The summed E-state index contributed by atoms with van der Waals surface area (Å²) in [5.41, 5.74) is 3.47. The van der Waals surface area contributed by atoms with E-state index in [2.05, 4.69) is 57.7 Å². The van der Waals surface area contributed by atoms with Crippen molar-refractivity contribution >= 4 is 74.6 Å². The van der Waals surface area contributed by atoms with Crippen molar-refractivity contribution in [2.75, 3.05) is 84.2 Å². The highest BCUT2D eigenvalue weighted by atomic mass is 35.5. The summed E-state index contributed by atoms with van der Waals surface area (Å²) in [6, 6.07) is 16.3. The number of piperazine rings is 2. The van der Waals surface area contributed by atoms with Gasteiger partial charge in [0.2, 0.25) is 5.91 Å². The van der Waals surface area contributed by atoms with E-state index in [9.17, 15) is 14.4 Å². The molecule has 270 valence electrons. The van der Waals surface area contributed by atoms with Crippen molar-refractivity contribution in [3.8, 4) is 0 Å².